The van der Waals surface area contributed by atoms with Gasteiger partial charge in [-0.05, 0) is 43.5 Å². The topological polar surface area (TPSA) is 21.3 Å². The van der Waals surface area contributed by atoms with Gasteiger partial charge in [0.25, 0.3) is 0 Å². The van der Waals surface area contributed by atoms with E-state index in [1.165, 1.54) is 0 Å². The van der Waals surface area contributed by atoms with Crippen LogP contribution < -0.4 is 10.1 Å². The molecule has 0 aliphatic carbocycles. The Balaban J connectivity index is 2.72. The molecule has 0 aliphatic heterocycles. The minimum atomic E-state index is 0.215. The molecule has 108 valence electrons. The Morgan fingerprint density at radius 3 is 2.26 bits per heavy atom. The van der Waals surface area contributed by atoms with E-state index in [-0.39, 0.29) is 6.10 Å². The average Bonchev–Trinajstić information content (AvgIpc) is 2.33. The lowest BCUT2D eigenvalue weighted by Gasteiger charge is -2.21. The van der Waals surface area contributed by atoms with Crippen molar-refractivity contribution in [1.29, 1.82) is 0 Å². The van der Waals surface area contributed by atoms with Crippen LogP contribution in [0.5, 0.6) is 5.75 Å². The quantitative estimate of drug-likeness (QED) is 0.795. The highest BCUT2D eigenvalue weighted by Gasteiger charge is 2.12. The number of rotatable bonds is 7. The predicted molar refractivity (Wildman–Crippen MR) is 83.4 cm³/mol. The van der Waals surface area contributed by atoms with Crippen LogP contribution >= 0.6 is 11.6 Å². The highest BCUT2D eigenvalue weighted by molar-refractivity contribution is 6.32. The maximum absolute atomic E-state index is 6.18. The summed E-state index contributed by atoms with van der Waals surface area (Å²) in [5.41, 5.74) is 2.15. The fraction of sp³-hybridized carbons (Fsp3) is 0.625. The van der Waals surface area contributed by atoms with Crippen LogP contribution in [0, 0.1) is 13.8 Å². The van der Waals surface area contributed by atoms with Crippen LogP contribution in [0.4, 0.5) is 0 Å². The molecule has 0 heterocycles. The molecule has 0 aromatic heterocycles. The third-order valence-electron chi connectivity index (χ3n) is 3.08. The summed E-state index contributed by atoms with van der Waals surface area (Å²) in [6.07, 6.45) is 2.39. The van der Waals surface area contributed by atoms with Gasteiger partial charge in [0.05, 0.1) is 0 Å². The summed E-state index contributed by atoms with van der Waals surface area (Å²) in [4.78, 5) is 0. The minimum Gasteiger partial charge on any atom is -0.489 e. The van der Waals surface area contributed by atoms with Crippen molar-refractivity contribution in [3.63, 3.8) is 0 Å². The second-order valence-electron chi connectivity index (χ2n) is 5.46. The van der Waals surface area contributed by atoms with Crippen LogP contribution in [0.2, 0.25) is 5.02 Å². The first-order valence-corrected chi connectivity index (χ1v) is 7.48. The summed E-state index contributed by atoms with van der Waals surface area (Å²) < 4.78 is 6.10. The van der Waals surface area contributed by atoms with Gasteiger partial charge in [0, 0.05) is 17.6 Å². The first kappa shape index (κ1) is 16.3. The van der Waals surface area contributed by atoms with E-state index in [4.69, 9.17) is 16.3 Å². The maximum Gasteiger partial charge on any atom is 0.120 e. The zero-order valence-corrected chi connectivity index (χ0v) is 13.5. The molecule has 0 saturated carbocycles. The van der Waals surface area contributed by atoms with E-state index >= 15 is 0 Å². The largest absolute Gasteiger partial charge is 0.489 e. The van der Waals surface area contributed by atoms with Crippen LogP contribution in [0.3, 0.4) is 0 Å². The van der Waals surface area contributed by atoms with Crippen molar-refractivity contribution in [2.45, 2.75) is 59.6 Å². The Kier molecular flexibility index (Phi) is 6.67. The Morgan fingerprint density at radius 1 is 1.21 bits per heavy atom. The fourth-order valence-electron chi connectivity index (χ4n) is 2.06. The summed E-state index contributed by atoms with van der Waals surface area (Å²) in [6.45, 7) is 11.4. The van der Waals surface area contributed by atoms with Crippen molar-refractivity contribution in [2.75, 3.05) is 6.54 Å². The van der Waals surface area contributed by atoms with E-state index in [9.17, 15) is 0 Å². The summed E-state index contributed by atoms with van der Waals surface area (Å²) in [7, 11) is 0. The number of ether oxygens (including phenoxy) is 1. The first-order chi connectivity index (χ1) is 8.93. The van der Waals surface area contributed by atoms with Gasteiger partial charge in [-0.25, -0.2) is 0 Å². The van der Waals surface area contributed by atoms with Crippen LogP contribution in [-0.2, 0) is 0 Å². The van der Waals surface area contributed by atoms with Gasteiger partial charge >= 0.3 is 0 Å². The Labute approximate surface area is 122 Å². The number of benzene rings is 1. The first-order valence-electron chi connectivity index (χ1n) is 7.10. The van der Waals surface area contributed by atoms with Gasteiger partial charge in [0.1, 0.15) is 11.9 Å². The average molecular weight is 284 g/mol. The van der Waals surface area contributed by atoms with E-state index < -0.39 is 0 Å². The third-order valence-corrected chi connectivity index (χ3v) is 3.67. The Hall–Kier alpha value is -0.730. The van der Waals surface area contributed by atoms with E-state index in [1.807, 2.05) is 26.0 Å². The molecule has 1 aromatic carbocycles. The van der Waals surface area contributed by atoms with Crippen LogP contribution in [0.1, 0.15) is 44.7 Å². The molecule has 19 heavy (non-hydrogen) atoms. The molecule has 0 bridgehead atoms. The highest BCUT2D eigenvalue weighted by atomic mass is 35.5. The van der Waals surface area contributed by atoms with Gasteiger partial charge in [-0.2, -0.15) is 0 Å². The molecule has 1 atom stereocenters. The standard InChI is InChI=1S/C16H26ClNO/c1-6-7-14(10-18-11(2)3)19-15-8-12(4)16(17)13(5)9-15/h8-9,11,14,18H,6-7,10H2,1-5H3. The normalized spacial score (nSPS) is 12.8. The predicted octanol–water partition coefficient (Wildman–Crippen LogP) is 4.50. The molecule has 0 spiro atoms. The molecule has 0 aliphatic rings. The molecule has 0 saturated heterocycles. The molecule has 2 nitrogen and oxygen atoms in total. The van der Waals surface area contributed by atoms with Crippen LogP contribution in [0.25, 0.3) is 0 Å². The summed E-state index contributed by atoms with van der Waals surface area (Å²) in [5, 5.41) is 4.27. The van der Waals surface area contributed by atoms with Gasteiger partial charge in [-0.1, -0.05) is 38.8 Å². The van der Waals surface area contributed by atoms with Crippen molar-refractivity contribution >= 4 is 11.6 Å². The Morgan fingerprint density at radius 2 is 1.79 bits per heavy atom. The number of hydrogen-bond acceptors (Lipinski definition) is 2. The SMILES string of the molecule is CCCC(CNC(C)C)Oc1cc(C)c(Cl)c(C)c1. The van der Waals surface area contributed by atoms with Gasteiger partial charge < -0.3 is 10.1 Å². The molecule has 1 rings (SSSR count). The summed E-state index contributed by atoms with van der Waals surface area (Å²) in [6, 6.07) is 4.53. The van der Waals surface area contributed by atoms with Crippen molar-refractivity contribution in [1.82, 2.24) is 5.32 Å². The van der Waals surface area contributed by atoms with E-state index in [2.05, 4.69) is 26.1 Å². The maximum atomic E-state index is 6.18. The summed E-state index contributed by atoms with van der Waals surface area (Å²) >= 11 is 6.18. The lowest BCUT2D eigenvalue weighted by atomic mass is 10.1. The third kappa shape index (κ3) is 5.42. The van der Waals surface area contributed by atoms with Crippen LogP contribution in [0.15, 0.2) is 12.1 Å². The molecule has 0 fully saturated rings. The minimum absolute atomic E-state index is 0.215. The van der Waals surface area contributed by atoms with E-state index in [0.29, 0.717) is 6.04 Å². The number of aryl methyl sites for hydroxylation is 2. The molecular weight excluding hydrogens is 258 g/mol. The van der Waals surface area contributed by atoms with Gasteiger partial charge in [0.2, 0.25) is 0 Å². The lowest BCUT2D eigenvalue weighted by molar-refractivity contribution is 0.183. The van der Waals surface area contributed by atoms with Gasteiger partial charge in [-0.3, -0.25) is 0 Å². The molecule has 1 unspecified atom stereocenters. The molecule has 1 aromatic rings. The zero-order valence-electron chi connectivity index (χ0n) is 12.7. The van der Waals surface area contributed by atoms with Crippen molar-refractivity contribution in [2.24, 2.45) is 0 Å². The number of hydrogen-bond donors (Lipinski definition) is 1. The lowest BCUT2D eigenvalue weighted by Crippen LogP contribution is -2.35. The molecular formula is C16H26ClNO. The molecule has 0 radical (unpaired) electrons. The Bertz CT molecular complexity index is 381. The number of nitrogens with one attached hydrogen (secondary N) is 1. The summed E-state index contributed by atoms with van der Waals surface area (Å²) in [5.74, 6) is 0.920. The second-order valence-corrected chi connectivity index (χ2v) is 5.84. The zero-order chi connectivity index (χ0) is 14.4. The van der Waals surface area contributed by atoms with Gasteiger partial charge in [0.15, 0.2) is 0 Å². The van der Waals surface area contributed by atoms with E-state index in [1.54, 1.807) is 0 Å². The van der Waals surface area contributed by atoms with Gasteiger partial charge in [-0.15, -0.1) is 0 Å². The number of halogens is 1. The molecule has 3 heteroatoms. The van der Waals surface area contributed by atoms with Crippen molar-refractivity contribution in [3.8, 4) is 5.75 Å². The molecule has 1 N–H and O–H groups in total. The van der Waals surface area contributed by atoms with Crippen molar-refractivity contribution < 1.29 is 4.74 Å². The van der Waals surface area contributed by atoms with Crippen molar-refractivity contribution in [3.05, 3.63) is 28.3 Å². The highest BCUT2D eigenvalue weighted by Crippen LogP contribution is 2.26. The molecule has 0 amide bonds. The smallest absolute Gasteiger partial charge is 0.120 e. The fourth-order valence-corrected chi connectivity index (χ4v) is 2.17. The monoisotopic (exact) mass is 283 g/mol. The van der Waals surface area contributed by atoms with Crippen LogP contribution in [-0.4, -0.2) is 18.7 Å². The second kappa shape index (κ2) is 7.76. The van der Waals surface area contributed by atoms with E-state index in [0.717, 1.165) is 41.3 Å².